The van der Waals surface area contributed by atoms with Gasteiger partial charge in [0, 0.05) is 6.54 Å². The summed E-state index contributed by atoms with van der Waals surface area (Å²) in [7, 11) is 0. The topological polar surface area (TPSA) is 107 Å². The van der Waals surface area contributed by atoms with Crippen molar-refractivity contribution in [2.45, 2.75) is 0 Å². The molecule has 1 rings (SSSR count). The van der Waals surface area contributed by atoms with Crippen molar-refractivity contribution in [1.82, 2.24) is 0 Å². The van der Waals surface area contributed by atoms with E-state index in [-0.39, 0.29) is 24.5 Å². The molecule has 0 bridgehead atoms. The first-order valence-electron chi connectivity index (χ1n) is 4.60. The molecule has 92 valence electrons. The average Bonchev–Trinajstić information content (AvgIpc) is 2.25. The molecule has 1 amide bonds. The third kappa shape index (κ3) is 3.93. The number of halogens is 1. The van der Waals surface area contributed by atoms with E-state index in [1.807, 2.05) is 0 Å². The molecule has 3 N–H and O–H groups in total. The van der Waals surface area contributed by atoms with Crippen molar-refractivity contribution in [3.63, 3.8) is 0 Å². The zero-order valence-electron chi connectivity index (χ0n) is 8.68. The van der Waals surface area contributed by atoms with Crippen LogP contribution in [0.25, 0.3) is 0 Å². The van der Waals surface area contributed by atoms with Crippen molar-refractivity contribution < 1.29 is 18.8 Å². The zero-order chi connectivity index (χ0) is 12.8. The van der Waals surface area contributed by atoms with Gasteiger partial charge in [-0.2, -0.15) is 0 Å². The van der Waals surface area contributed by atoms with Crippen LogP contribution in [0.4, 0.5) is 20.6 Å². The third-order valence-corrected chi connectivity index (χ3v) is 1.82. The molecule has 0 aliphatic heterocycles. The summed E-state index contributed by atoms with van der Waals surface area (Å²) in [5, 5.41) is 13.2. The first kappa shape index (κ1) is 12.7. The maximum atomic E-state index is 12.8. The van der Waals surface area contributed by atoms with E-state index in [1.165, 1.54) is 6.07 Å². The standard InChI is InChI=1S/C9H10FN3O4/c10-6-1-2-7(8(5-6)13(15)16)12-3-4-17-9(11)14/h1-2,5,12H,3-4H2,(H2,11,14). The van der Waals surface area contributed by atoms with Crippen LogP contribution in [0.1, 0.15) is 0 Å². The number of nitrogens with one attached hydrogen (secondary N) is 1. The molecule has 0 aliphatic carbocycles. The fourth-order valence-electron chi connectivity index (χ4n) is 1.14. The Morgan fingerprint density at radius 2 is 2.29 bits per heavy atom. The molecule has 0 spiro atoms. The van der Waals surface area contributed by atoms with Crippen molar-refractivity contribution in [1.29, 1.82) is 0 Å². The zero-order valence-corrected chi connectivity index (χ0v) is 8.68. The Morgan fingerprint density at radius 1 is 1.59 bits per heavy atom. The summed E-state index contributed by atoms with van der Waals surface area (Å²) in [5.74, 6) is -0.698. The Labute approximate surface area is 95.5 Å². The SMILES string of the molecule is NC(=O)OCCNc1ccc(F)cc1[N+](=O)[O-]. The van der Waals surface area contributed by atoms with Gasteiger partial charge in [-0.1, -0.05) is 0 Å². The largest absolute Gasteiger partial charge is 0.448 e. The van der Waals surface area contributed by atoms with Gasteiger partial charge in [0.15, 0.2) is 0 Å². The van der Waals surface area contributed by atoms with Crippen LogP contribution < -0.4 is 11.1 Å². The number of nitrogens with two attached hydrogens (primary N) is 1. The lowest BCUT2D eigenvalue weighted by Gasteiger charge is -2.06. The van der Waals surface area contributed by atoms with E-state index < -0.39 is 16.8 Å². The van der Waals surface area contributed by atoms with Crippen LogP contribution >= 0.6 is 0 Å². The molecule has 7 nitrogen and oxygen atoms in total. The van der Waals surface area contributed by atoms with Gasteiger partial charge in [0.25, 0.3) is 5.69 Å². The molecule has 1 aromatic rings. The number of nitro benzene ring substituents is 1. The van der Waals surface area contributed by atoms with E-state index in [0.717, 1.165) is 12.1 Å². The molecular formula is C9H10FN3O4. The van der Waals surface area contributed by atoms with Gasteiger partial charge in [0.1, 0.15) is 18.1 Å². The number of carbonyl (C=O) groups excluding carboxylic acids is 1. The lowest BCUT2D eigenvalue weighted by molar-refractivity contribution is -0.384. The molecule has 0 saturated heterocycles. The van der Waals surface area contributed by atoms with Crippen LogP contribution in [-0.2, 0) is 4.74 Å². The van der Waals surface area contributed by atoms with E-state index in [2.05, 4.69) is 10.1 Å². The summed E-state index contributed by atoms with van der Waals surface area (Å²) in [6.45, 7) is 0.0965. The van der Waals surface area contributed by atoms with Gasteiger partial charge >= 0.3 is 6.09 Å². The predicted molar refractivity (Wildman–Crippen MR) is 57.1 cm³/mol. The molecule has 0 aliphatic rings. The van der Waals surface area contributed by atoms with Crippen LogP contribution in [0.15, 0.2) is 18.2 Å². The highest BCUT2D eigenvalue weighted by Crippen LogP contribution is 2.24. The second-order valence-corrected chi connectivity index (χ2v) is 3.01. The second kappa shape index (κ2) is 5.64. The van der Waals surface area contributed by atoms with Crippen LogP contribution in [0.2, 0.25) is 0 Å². The number of ether oxygens (including phenoxy) is 1. The monoisotopic (exact) mass is 243 g/mol. The molecule has 0 unspecified atom stereocenters. The highest BCUT2D eigenvalue weighted by atomic mass is 19.1. The van der Waals surface area contributed by atoms with Crippen molar-refractivity contribution in [2.75, 3.05) is 18.5 Å². The number of benzene rings is 1. The quantitative estimate of drug-likeness (QED) is 0.459. The lowest BCUT2D eigenvalue weighted by atomic mass is 10.2. The summed E-state index contributed by atoms with van der Waals surface area (Å²) in [4.78, 5) is 20.1. The molecular weight excluding hydrogens is 233 g/mol. The summed E-state index contributed by atoms with van der Waals surface area (Å²) < 4.78 is 17.2. The predicted octanol–water partition coefficient (Wildman–Crippen LogP) is 1.24. The number of amides is 1. The number of nitrogens with zero attached hydrogens (tertiary/aromatic N) is 1. The van der Waals surface area contributed by atoms with Gasteiger partial charge in [-0.3, -0.25) is 10.1 Å². The molecule has 0 radical (unpaired) electrons. The van der Waals surface area contributed by atoms with Crippen LogP contribution in [0, 0.1) is 15.9 Å². The second-order valence-electron chi connectivity index (χ2n) is 3.01. The Bertz CT molecular complexity index is 438. The fraction of sp³-hybridized carbons (Fsp3) is 0.222. The van der Waals surface area contributed by atoms with Crippen molar-refractivity contribution in [3.8, 4) is 0 Å². The van der Waals surface area contributed by atoms with E-state index in [1.54, 1.807) is 0 Å². The van der Waals surface area contributed by atoms with E-state index in [9.17, 15) is 19.3 Å². The molecule has 0 aromatic heterocycles. The number of anilines is 1. The number of hydrogen-bond acceptors (Lipinski definition) is 5. The maximum Gasteiger partial charge on any atom is 0.404 e. The molecule has 8 heteroatoms. The lowest BCUT2D eigenvalue weighted by Crippen LogP contribution is -2.18. The first-order valence-corrected chi connectivity index (χ1v) is 4.60. The molecule has 0 heterocycles. The highest BCUT2D eigenvalue weighted by Gasteiger charge is 2.14. The Balaban J connectivity index is 2.64. The van der Waals surface area contributed by atoms with Gasteiger partial charge in [-0.05, 0) is 12.1 Å². The van der Waals surface area contributed by atoms with Crippen LogP contribution in [0.5, 0.6) is 0 Å². The third-order valence-electron chi connectivity index (χ3n) is 1.82. The van der Waals surface area contributed by atoms with Gasteiger partial charge in [-0.15, -0.1) is 0 Å². The number of nitro groups is 1. The minimum Gasteiger partial charge on any atom is -0.448 e. The van der Waals surface area contributed by atoms with Crippen LogP contribution in [0.3, 0.4) is 0 Å². The summed E-state index contributed by atoms with van der Waals surface area (Å²) >= 11 is 0. The first-order chi connectivity index (χ1) is 8.00. The highest BCUT2D eigenvalue weighted by molar-refractivity contribution is 5.64. The van der Waals surface area contributed by atoms with E-state index in [4.69, 9.17) is 5.73 Å². The normalized spacial score (nSPS) is 9.71. The van der Waals surface area contributed by atoms with Crippen molar-refractivity contribution >= 4 is 17.5 Å². The molecule has 0 saturated carbocycles. The van der Waals surface area contributed by atoms with Crippen molar-refractivity contribution in [3.05, 3.63) is 34.1 Å². The molecule has 17 heavy (non-hydrogen) atoms. The summed E-state index contributed by atoms with van der Waals surface area (Å²) in [6.07, 6.45) is -0.930. The summed E-state index contributed by atoms with van der Waals surface area (Å²) in [6, 6.07) is 3.12. The van der Waals surface area contributed by atoms with E-state index >= 15 is 0 Å². The number of carbonyl (C=O) groups is 1. The van der Waals surface area contributed by atoms with E-state index in [0.29, 0.717) is 0 Å². The Kier molecular flexibility index (Phi) is 4.21. The smallest absolute Gasteiger partial charge is 0.404 e. The Morgan fingerprint density at radius 3 is 2.88 bits per heavy atom. The molecule has 1 aromatic carbocycles. The fourth-order valence-corrected chi connectivity index (χ4v) is 1.14. The van der Waals surface area contributed by atoms with Gasteiger partial charge in [-0.25, -0.2) is 9.18 Å². The van der Waals surface area contributed by atoms with Gasteiger partial charge in [0.2, 0.25) is 0 Å². The van der Waals surface area contributed by atoms with Gasteiger partial charge < -0.3 is 15.8 Å². The Hall–Kier alpha value is -2.38. The number of rotatable bonds is 5. The van der Waals surface area contributed by atoms with Gasteiger partial charge in [0.05, 0.1) is 11.0 Å². The summed E-state index contributed by atoms with van der Waals surface area (Å²) in [5.41, 5.74) is 4.48. The minimum absolute atomic E-state index is 0.0378. The number of hydrogen-bond donors (Lipinski definition) is 2. The average molecular weight is 243 g/mol. The molecule has 0 fully saturated rings. The molecule has 0 atom stereocenters. The number of primary amides is 1. The maximum absolute atomic E-state index is 12.8. The minimum atomic E-state index is -0.930. The van der Waals surface area contributed by atoms with Crippen molar-refractivity contribution in [2.24, 2.45) is 5.73 Å². The van der Waals surface area contributed by atoms with Crippen LogP contribution in [-0.4, -0.2) is 24.2 Å².